The molecule has 0 saturated carbocycles. The van der Waals surface area contributed by atoms with E-state index in [9.17, 15) is 0 Å². The summed E-state index contributed by atoms with van der Waals surface area (Å²) in [5.41, 5.74) is 2.32. The van der Waals surface area contributed by atoms with E-state index in [2.05, 4.69) is 25.4 Å². The predicted octanol–water partition coefficient (Wildman–Crippen LogP) is 3.21. The maximum Gasteiger partial charge on any atom is 0.205 e. The van der Waals surface area contributed by atoms with Crippen LogP contribution >= 0.6 is 11.3 Å². The van der Waals surface area contributed by atoms with Crippen molar-refractivity contribution in [3.8, 4) is 17.2 Å². The van der Waals surface area contributed by atoms with Crippen molar-refractivity contribution in [3.05, 3.63) is 47.1 Å². The van der Waals surface area contributed by atoms with Gasteiger partial charge in [-0.3, -0.25) is 0 Å². The van der Waals surface area contributed by atoms with Gasteiger partial charge < -0.3 is 0 Å². The molecule has 0 unspecified atom stereocenters. The summed E-state index contributed by atoms with van der Waals surface area (Å²) < 4.78 is 0. The molecule has 1 aliphatic carbocycles. The number of benzene rings is 1. The fraction of sp³-hybridized carbons (Fsp3) is 0.235. The molecule has 0 aliphatic heterocycles. The van der Waals surface area contributed by atoms with E-state index in [1.807, 2.05) is 30.3 Å². The minimum absolute atomic E-state index is 0.603. The van der Waals surface area contributed by atoms with Gasteiger partial charge in [0.1, 0.15) is 11.2 Å². The second-order valence-electron chi connectivity index (χ2n) is 5.86. The Labute approximate surface area is 142 Å². The second kappa shape index (κ2) is 5.45. The second-order valence-corrected chi connectivity index (χ2v) is 6.94. The van der Waals surface area contributed by atoms with Crippen LogP contribution in [0.2, 0.25) is 0 Å². The molecule has 4 aromatic rings. The van der Waals surface area contributed by atoms with Gasteiger partial charge in [0.25, 0.3) is 0 Å². The molecule has 0 fully saturated rings. The molecule has 0 N–H and O–H groups in total. The van der Waals surface area contributed by atoms with Gasteiger partial charge in [0.2, 0.25) is 5.82 Å². The molecule has 24 heavy (non-hydrogen) atoms. The summed E-state index contributed by atoms with van der Waals surface area (Å²) in [6.07, 6.45) is 6.27. The molecule has 7 heteroatoms. The van der Waals surface area contributed by atoms with Crippen molar-refractivity contribution in [1.82, 2.24) is 30.2 Å². The predicted molar refractivity (Wildman–Crippen MR) is 92.2 cm³/mol. The minimum atomic E-state index is 0.603. The van der Waals surface area contributed by atoms with Gasteiger partial charge in [-0.15, -0.1) is 26.3 Å². The lowest BCUT2D eigenvalue weighted by atomic mass is 9.97. The van der Waals surface area contributed by atoms with Crippen LogP contribution in [0.5, 0.6) is 0 Å². The van der Waals surface area contributed by atoms with Crippen LogP contribution in [0, 0.1) is 0 Å². The lowest BCUT2D eigenvalue weighted by Gasteiger charge is -2.10. The number of hydrogen-bond acceptors (Lipinski definition) is 6. The Morgan fingerprint density at radius 2 is 1.88 bits per heavy atom. The van der Waals surface area contributed by atoms with Crippen LogP contribution in [0.15, 0.2) is 36.7 Å². The number of tetrazole rings is 1. The first-order valence-electron chi connectivity index (χ1n) is 8.01. The van der Waals surface area contributed by atoms with Gasteiger partial charge in [-0.1, -0.05) is 30.3 Å². The van der Waals surface area contributed by atoms with Crippen molar-refractivity contribution in [3.63, 3.8) is 0 Å². The number of fused-ring (bicyclic) bond motifs is 3. The van der Waals surface area contributed by atoms with Gasteiger partial charge in [-0.2, -0.15) is 0 Å². The maximum atomic E-state index is 4.54. The van der Waals surface area contributed by atoms with Gasteiger partial charge in [-0.05, 0) is 36.5 Å². The molecule has 1 aliphatic rings. The summed E-state index contributed by atoms with van der Waals surface area (Å²) in [5, 5.41) is 14.1. The zero-order valence-electron chi connectivity index (χ0n) is 12.9. The van der Waals surface area contributed by atoms with Gasteiger partial charge in [0.05, 0.1) is 5.39 Å². The van der Waals surface area contributed by atoms with Crippen molar-refractivity contribution < 1.29 is 0 Å². The number of aromatic nitrogens is 6. The molecule has 0 atom stereocenters. The summed E-state index contributed by atoms with van der Waals surface area (Å²) in [4.78, 5) is 12.9. The Hall–Kier alpha value is -2.67. The molecule has 118 valence electrons. The molecule has 3 aromatic heterocycles. The summed E-state index contributed by atoms with van der Waals surface area (Å²) >= 11 is 1.77. The van der Waals surface area contributed by atoms with Crippen molar-refractivity contribution in [2.24, 2.45) is 0 Å². The fourth-order valence-electron chi connectivity index (χ4n) is 3.23. The molecular weight excluding hydrogens is 320 g/mol. The third kappa shape index (κ3) is 2.12. The minimum Gasteiger partial charge on any atom is -0.225 e. The third-order valence-electron chi connectivity index (χ3n) is 4.37. The number of nitrogens with zero attached hydrogens (tertiary/aromatic N) is 6. The summed E-state index contributed by atoms with van der Waals surface area (Å²) in [7, 11) is 0. The zero-order valence-corrected chi connectivity index (χ0v) is 13.7. The van der Waals surface area contributed by atoms with Gasteiger partial charge in [-0.25, -0.2) is 9.97 Å². The lowest BCUT2D eigenvalue weighted by molar-refractivity contribution is 0.690. The largest absolute Gasteiger partial charge is 0.225 e. The lowest BCUT2D eigenvalue weighted by Crippen LogP contribution is -2.05. The highest BCUT2D eigenvalue weighted by molar-refractivity contribution is 7.18. The number of aryl methyl sites for hydroxylation is 2. The summed E-state index contributed by atoms with van der Waals surface area (Å²) in [5.74, 6) is 1.33. The molecule has 6 nitrogen and oxygen atoms in total. The van der Waals surface area contributed by atoms with E-state index >= 15 is 0 Å². The topological polar surface area (TPSA) is 69.4 Å². The van der Waals surface area contributed by atoms with E-state index in [1.54, 1.807) is 17.7 Å². The highest BCUT2D eigenvalue weighted by atomic mass is 32.1. The van der Waals surface area contributed by atoms with E-state index in [0.29, 0.717) is 5.82 Å². The number of rotatable bonds is 2. The van der Waals surface area contributed by atoms with E-state index in [0.717, 1.165) is 34.4 Å². The van der Waals surface area contributed by atoms with E-state index in [-0.39, 0.29) is 0 Å². The van der Waals surface area contributed by atoms with Crippen LogP contribution in [-0.2, 0) is 12.8 Å². The van der Waals surface area contributed by atoms with Crippen LogP contribution in [0.1, 0.15) is 23.3 Å². The summed E-state index contributed by atoms with van der Waals surface area (Å²) in [6.45, 7) is 0. The highest BCUT2D eigenvalue weighted by Gasteiger charge is 2.21. The average molecular weight is 334 g/mol. The maximum absolute atomic E-state index is 4.54. The van der Waals surface area contributed by atoms with E-state index in [4.69, 9.17) is 0 Å². The first-order chi connectivity index (χ1) is 11.9. The van der Waals surface area contributed by atoms with Crippen molar-refractivity contribution in [2.75, 3.05) is 0 Å². The molecule has 0 bridgehead atoms. The normalized spacial score (nSPS) is 14.0. The van der Waals surface area contributed by atoms with Crippen LogP contribution in [-0.4, -0.2) is 30.2 Å². The van der Waals surface area contributed by atoms with Crippen LogP contribution in [0.3, 0.4) is 0 Å². The smallest absolute Gasteiger partial charge is 0.205 e. The molecular formula is C17H14N6S. The Bertz CT molecular complexity index is 1020. The standard InChI is InChI=1S/C17H14N6S/c1-2-6-11(7-3-1)15-20-22-23(21-15)16-14-12-8-4-5-9-13(12)24-17(14)19-10-18-16/h1-3,6-7,10H,4-5,8-9H2. The van der Waals surface area contributed by atoms with Crippen LogP contribution < -0.4 is 0 Å². The zero-order chi connectivity index (χ0) is 15.9. The first-order valence-corrected chi connectivity index (χ1v) is 8.83. The SMILES string of the molecule is c1ccc(-c2nnn(-c3ncnc4sc5c(c34)CCCC5)n2)cc1. The molecule has 5 rings (SSSR count). The number of hydrogen-bond donors (Lipinski definition) is 0. The van der Waals surface area contributed by atoms with E-state index < -0.39 is 0 Å². The van der Waals surface area contributed by atoms with Gasteiger partial charge >= 0.3 is 0 Å². The van der Waals surface area contributed by atoms with Crippen molar-refractivity contribution >= 4 is 21.6 Å². The molecule has 0 saturated heterocycles. The third-order valence-corrected chi connectivity index (χ3v) is 5.57. The van der Waals surface area contributed by atoms with Crippen molar-refractivity contribution in [2.45, 2.75) is 25.7 Å². The van der Waals surface area contributed by atoms with E-state index in [1.165, 1.54) is 28.1 Å². The highest BCUT2D eigenvalue weighted by Crippen LogP contribution is 2.37. The summed E-state index contributed by atoms with van der Waals surface area (Å²) in [6, 6.07) is 9.86. The monoisotopic (exact) mass is 334 g/mol. The van der Waals surface area contributed by atoms with Gasteiger partial charge in [0, 0.05) is 10.4 Å². The Kier molecular flexibility index (Phi) is 3.12. The van der Waals surface area contributed by atoms with Crippen molar-refractivity contribution in [1.29, 1.82) is 0 Å². The number of thiophene rings is 1. The quantitative estimate of drug-likeness (QED) is 0.563. The fourth-order valence-corrected chi connectivity index (χ4v) is 4.46. The first kappa shape index (κ1) is 13.7. The average Bonchev–Trinajstić information content (AvgIpc) is 3.27. The molecule has 0 amide bonds. The van der Waals surface area contributed by atoms with Crippen LogP contribution in [0.25, 0.3) is 27.4 Å². The molecule has 0 radical (unpaired) electrons. The molecule has 3 heterocycles. The Morgan fingerprint density at radius 3 is 2.79 bits per heavy atom. The molecule has 1 aromatic carbocycles. The Balaban J connectivity index is 1.67. The Morgan fingerprint density at radius 1 is 1.00 bits per heavy atom. The molecule has 0 spiro atoms. The van der Waals surface area contributed by atoms with Crippen LogP contribution in [0.4, 0.5) is 0 Å². The van der Waals surface area contributed by atoms with Gasteiger partial charge in [0.15, 0.2) is 5.82 Å².